The first-order valence-electron chi connectivity index (χ1n) is 4.40. The third-order valence-electron chi connectivity index (χ3n) is 2.02. The van der Waals surface area contributed by atoms with Gasteiger partial charge in [-0.1, -0.05) is 6.08 Å². The van der Waals surface area contributed by atoms with E-state index in [4.69, 9.17) is 9.47 Å². The van der Waals surface area contributed by atoms with Gasteiger partial charge < -0.3 is 9.47 Å². The van der Waals surface area contributed by atoms with Crippen molar-refractivity contribution in [3.05, 3.63) is 12.7 Å². The summed E-state index contributed by atoms with van der Waals surface area (Å²) in [5, 5.41) is 0. The van der Waals surface area contributed by atoms with Crippen molar-refractivity contribution in [2.75, 3.05) is 20.3 Å². The summed E-state index contributed by atoms with van der Waals surface area (Å²) in [7, 11) is 1.61. The van der Waals surface area contributed by atoms with E-state index in [0.29, 0.717) is 19.6 Å². The van der Waals surface area contributed by atoms with Crippen LogP contribution in [0.3, 0.4) is 0 Å². The fourth-order valence-corrected chi connectivity index (χ4v) is 0.897. The van der Waals surface area contributed by atoms with Gasteiger partial charge >= 0.3 is 5.97 Å². The molecule has 0 spiro atoms. The van der Waals surface area contributed by atoms with Crippen LogP contribution in [0.25, 0.3) is 0 Å². The summed E-state index contributed by atoms with van der Waals surface area (Å²) in [4.78, 5) is 11.5. The minimum absolute atomic E-state index is 0.234. The molecule has 0 saturated heterocycles. The van der Waals surface area contributed by atoms with Gasteiger partial charge in [0.1, 0.15) is 0 Å². The predicted octanol–water partition coefficient (Wildman–Crippen LogP) is 1.78. The van der Waals surface area contributed by atoms with Crippen molar-refractivity contribution in [3.63, 3.8) is 0 Å². The van der Waals surface area contributed by atoms with E-state index in [1.165, 1.54) is 0 Å². The molecule has 0 rings (SSSR count). The normalized spacial score (nSPS) is 14.7. The monoisotopic (exact) mass is 186 g/mol. The van der Waals surface area contributed by atoms with Crippen LogP contribution < -0.4 is 0 Å². The first-order valence-corrected chi connectivity index (χ1v) is 4.40. The van der Waals surface area contributed by atoms with Crippen LogP contribution >= 0.6 is 0 Å². The Morgan fingerprint density at radius 3 is 2.62 bits per heavy atom. The minimum Gasteiger partial charge on any atom is -0.465 e. The number of ether oxygens (including phenoxy) is 2. The van der Waals surface area contributed by atoms with Crippen LogP contribution in [0.15, 0.2) is 12.7 Å². The molecule has 0 saturated carbocycles. The quantitative estimate of drug-likeness (QED) is 0.468. The van der Waals surface area contributed by atoms with Crippen molar-refractivity contribution in [1.82, 2.24) is 0 Å². The Balaban J connectivity index is 4.24. The molecule has 3 nitrogen and oxygen atoms in total. The van der Waals surface area contributed by atoms with Crippen molar-refractivity contribution in [2.45, 2.75) is 20.3 Å². The highest BCUT2D eigenvalue weighted by Gasteiger charge is 2.30. The Labute approximate surface area is 79.7 Å². The maximum Gasteiger partial charge on any atom is 0.315 e. The van der Waals surface area contributed by atoms with Crippen molar-refractivity contribution in [3.8, 4) is 0 Å². The van der Waals surface area contributed by atoms with E-state index in [-0.39, 0.29) is 5.97 Å². The fourth-order valence-electron chi connectivity index (χ4n) is 0.897. The van der Waals surface area contributed by atoms with Crippen LogP contribution in [0.2, 0.25) is 0 Å². The lowest BCUT2D eigenvalue weighted by molar-refractivity contribution is -0.152. The summed E-state index contributed by atoms with van der Waals surface area (Å²) in [5.41, 5.74) is -0.619. The number of esters is 1. The molecule has 1 atom stereocenters. The Morgan fingerprint density at radius 2 is 2.23 bits per heavy atom. The molecule has 0 amide bonds. The van der Waals surface area contributed by atoms with E-state index in [0.717, 1.165) is 0 Å². The molecule has 0 bridgehead atoms. The van der Waals surface area contributed by atoms with E-state index in [2.05, 4.69) is 6.58 Å². The summed E-state index contributed by atoms with van der Waals surface area (Å²) < 4.78 is 9.84. The molecule has 0 N–H and O–H groups in total. The SMILES string of the molecule is C=CC(C)(CCOC)C(=O)OCC. The fraction of sp³-hybridized carbons (Fsp3) is 0.700. The molecule has 0 aromatic rings. The van der Waals surface area contributed by atoms with Crippen molar-refractivity contribution in [2.24, 2.45) is 5.41 Å². The van der Waals surface area contributed by atoms with Gasteiger partial charge in [0.2, 0.25) is 0 Å². The minimum atomic E-state index is -0.619. The third-order valence-corrected chi connectivity index (χ3v) is 2.02. The van der Waals surface area contributed by atoms with E-state index >= 15 is 0 Å². The molecule has 0 aromatic heterocycles. The summed E-state index contributed by atoms with van der Waals surface area (Å²) in [6.45, 7) is 8.15. The number of hydrogen-bond acceptors (Lipinski definition) is 3. The highest BCUT2D eigenvalue weighted by molar-refractivity contribution is 5.78. The van der Waals surface area contributed by atoms with Gasteiger partial charge in [0.05, 0.1) is 12.0 Å². The highest BCUT2D eigenvalue weighted by atomic mass is 16.5. The van der Waals surface area contributed by atoms with E-state index in [1.54, 1.807) is 27.0 Å². The predicted molar refractivity (Wildman–Crippen MR) is 51.4 cm³/mol. The van der Waals surface area contributed by atoms with Gasteiger partial charge in [-0.25, -0.2) is 0 Å². The van der Waals surface area contributed by atoms with Gasteiger partial charge in [-0.3, -0.25) is 4.79 Å². The molecule has 3 heteroatoms. The number of hydrogen-bond donors (Lipinski definition) is 0. The average Bonchev–Trinajstić information content (AvgIpc) is 2.14. The number of methoxy groups -OCH3 is 1. The summed E-state index contributed by atoms with van der Waals surface area (Å²) in [6.07, 6.45) is 2.22. The zero-order valence-electron chi connectivity index (χ0n) is 8.63. The zero-order chi connectivity index (χ0) is 10.3. The summed E-state index contributed by atoms with van der Waals surface area (Å²) >= 11 is 0. The molecular weight excluding hydrogens is 168 g/mol. The lowest BCUT2D eigenvalue weighted by atomic mass is 9.87. The highest BCUT2D eigenvalue weighted by Crippen LogP contribution is 2.24. The van der Waals surface area contributed by atoms with Gasteiger partial charge in [0, 0.05) is 13.7 Å². The van der Waals surface area contributed by atoms with E-state index < -0.39 is 5.41 Å². The van der Waals surface area contributed by atoms with Crippen molar-refractivity contribution in [1.29, 1.82) is 0 Å². The van der Waals surface area contributed by atoms with Gasteiger partial charge in [-0.15, -0.1) is 6.58 Å². The molecule has 0 heterocycles. The Morgan fingerprint density at radius 1 is 1.62 bits per heavy atom. The van der Waals surface area contributed by atoms with Crippen LogP contribution in [0.5, 0.6) is 0 Å². The average molecular weight is 186 g/mol. The topological polar surface area (TPSA) is 35.5 Å². The first-order chi connectivity index (χ1) is 6.10. The van der Waals surface area contributed by atoms with Crippen LogP contribution in [-0.4, -0.2) is 26.3 Å². The lowest BCUT2D eigenvalue weighted by Crippen LogP contribution is -2.29. The van der Waals surface area contributed by atoms with E-state index in [9.17, 15) is 4.79 Å². The molecule has 0 aliphatic heterocycles. The number of carbonyl (C=O) groups is 1. The van der Waals surface area contributed by atoms with Gasteiger partial charge in [0.25, 0.3) is 0 Å². The largest absolute Gasteiger partial charge is 0.465 e. The maximum atomic E-state index is 11.5. The van der Waals surface area contributed by atoms with Gasteiger partial charge in [0.15, 0.2) is 0 Å². The number of carbonyl (C=O) groups excluding carboxylic acids is 1. The maximum absolute atomic E-state index is 11.5. The zero-order valence-corrected chi connectivity index (χ0v) is 8.63. The Kier molecular flexibility index (Phi) is 5.39. The molecule has 0 fully saturated rings. The lowest BCUT2D eigenvalue weighted by Gasteiger charge is -2.22. The first kappa shape index (κ1) is 12.2. The standard InChI is InChI=1S/C10H18O3/c1-5-10(3,7-8-12-4)9(11)13-6-2/h5H,1,6-8H2,2-4H3. The number of rotatable bonds is 6. The molecule has 1 unspecified atom stereocenters. The third kappa shape index (κ3) is 3.59. The van der Waals surface area contributed by atoms with Crippen LogP contribution in [-0.2, 0) is 14.3 Å². The molecule has 76 valence electrons. The smallest absolute Gasteiger partial charge is 0.315 e. The molecule has 13 heavy (non-hydrogen) atoms. The Bertz CT molecular complexity index is 177. The van der Waals surface area contributed by atoms with Gasteiger partial charge in [-0.2, -0.15) is 0 Å². The van der Waals surface area contributed by atoms with E-state index in [1.807, 2.05) is 0 Å². The molecule has 0 aromatic carbocycles. The van der Waals surface area contributed by atoms with Crippen LogP contribution in [0, 0.1) is 5.41 Å². The molecule has 0 radical (unpaired) electrons. The second kappa shape index (κ2) is 5.75. The van der Waals surface area contributed by atoms with Crippen molar-refractivity contribution < 1.29 is 14.3 Å². The second-order valence-corrected chi connectivity index (χ2v) is 3.08. The van der Waals surface area contributed by atoms with Crippen LogP contribution in [0.4, 0.5) is 0 Å². The Hall–Kier alpha value is -0.830. The molecule has 0 aliphatic rings. The van der Waals surface area contributed by atoms with Crippen LogP contribution in [0.1, 0.15) is 20.3 Å². The molecule has 0 aliphatic carbocycles. The summed E-state index contributed by atoms with van der Waals surface area (Å²) in [5.74, 6) is -0.234. The molecular formula is C10H18O3. The van der Waals surface area contributed by atoms with Crippen molar-refractivity contribution >= 4 is 5.97 Å². The summed E-state index contributed by atoms with van der Waals surface area (Å²) in [6, 6.07) is 0. The van der Waals surface area contributed by atoms with Gasteiger partial charge in [-0.05, 0) is 20.3 Å². The second-order valence-electron chi connectivity index (χ2n) is 3.08.